The average molecular weight is 282 g/mol. The van der Waals surface area contributed by atoms with Crippen molar-refractivity contribution in [1.82, 2.24) is 0 Å². The van der Waals surface area contributed by atoms with E-state index in [1.54, 1.807) is 0 Å². The Morgan fingerprint density at radius 3 is 2.55 bits per heavy atom. The van der Waals surface area contributed by atoms with E-state index >= 15 is 0 Å². The Kier molecular flexibility index (Phi) is 3.37. The van der Waals surface area contributed by atoms with Crippen LogP contribution < -0.4 is 0 Å². The van der Waals surface area contributed by atoms with E-state index in [4.69, 9.17) is 4.74 Å². The van der Waals surface area contributed by atoms with Gasteiger partial charge in [-0.3, -0.25) is 4.79 Å². The Morgan fingerprint density at radius 2 is 1.90 bits per heavy atom. The monoisotopic (exact) mass is 282 g/mol. The third-order valence-corrected chi connectivity index (χ3v) is 6.17. The summed E-state index contributed by atoms with van der Waals surface area (Å²) in [6.07, 6.45) is 2.19. The smallest absolute Gasteiger partial charge is 0.311 e. The number of hydrogen-bond donors (Lipinski definition) is 2. The molecule has 114 valence electrons. The molecule has 3 rings (SSSR count). The molecule has 0 saturated heterocycles. The van der Waals surface area contributed by atoms with Crippen LogP contribution in [0.25, 0.3) is 0 Å². The summed E-state index contributed by atoms with van der Waals surface area (Å²) in [6.45, 7) is 5.85. The second-order valence-corrected chi connectivity index (χ2v) is 7.61. The summed E-state index contributed by atoms with van der Waals surface area (Å²) >= 11 is 0. The minimum Gasteiger partial charge on any atom is -0.462 e. The number of carbonyl (C=O) groups excluding carboxylic acids is 1. The number of rotatable bonds is 3. The lowest BCUT2D eigenvalue weighted by Gasteiger charge is -2.33. The molecule has 0 heterocycles. The topological polar surface area (TPSA) is 66.8 Å². The number of ether oxygens (including phenoxy) is 1. The third-order valence-electron chi connectivity index (χ3n) is 6.17. The van der Waals surface area contributed by atoms with Gasteiger partial charge in [0.05, 0.1) is 17.6 Å². The van der Waals surface area contributed by atoms with Crippen LogP contribution >= 0.6 is 0 Å². The van der Waals surface area contributed by atoms with Crippen molar-refractivity contribution in [3.8, 4) is 0 Å². The number of aliphatic hydroxyl groups is 2. The molecule has 7 unspecified atom stereocenters. The molecule has 20 heavy (non-hydrogen) atoms. The molecule has 0 amide bonds. The highest BCUT2D eigenvalue weighted by molar-refractivity contribution is 5.76. The third kappa shape index (κ3) is 2.00. The highest BCUT2D eigenvalue weighted by Gasteiger charge is 2.60. The van der Waals surface area contributed by atoms with E-state index in [0.717, 1.165) is 19.3 Å². The van der Waals surface area contributed by atoms with Crippen molar-refractivity contribution in [2.75, 3.05) is 0 Å². The Balaban J connectivity index is 1.67. The van der Waals surface area contributed by atoms with Crippen LogP contribution in [0.5, 0.6) is 0 Å². The molecular formula is C16H26O4. The molecule has 3 fully saturated rings. The fourth-order valence-corrected chi connectivity index (χ4v) is 4.59. The maximum atomic E-state index is 12.2. The van der Waals surface area contributed by atoms with Gasteiger partial charge < -0.3 is 14.9 Å². The summed E-state index contributed by atoms with van der Waals surface area (Å²) in [5, 5.41) is 19.9. The molecule has 2 N–H and O–H groups in total. The second-order valence-electron chi connectivity index (χ2n) is 7.61. The van der Waals surface area contributed by atoms with Gasteiger partial charge >= 0.3 is 5.97 Å². The summed E-state index contributed by atoms with van der Waals surface area (Å²) in [6, 6.07) is 0. The molecule has 0 radical (unpaired) electrons. The summed E-state index contributed by atoms with van der Waals surface area (Å²) in [5.74, 6) is 1.21. The molecule has 2 bridgehead atoms. The predicted octanol–water partition coefficient (Wildman–Crippen LogP) is 1.73. The van der Waals surface area contributed by atoms with Gasteiger partial charge in [0.25, 0.3) is 0 Å². The van der Waals surface area contributed by atoms with Gasteiger partial charge in [-0.15, -0.1) is 0 Å². The van der Waals surface area contributed by atoms with Crippen molar-refractivity contribution in [3.63, 3.8) is 0 Å². The Morgan fingerprint density at radius 1 is 1.20 bits per heavy atom. The summed E-state index contributed by atoms with van der Waals surface area (Å²) in [5.41, 5.74) is -0.421. The van der Waals surface area contributed by atoms with Crippen molar-refractivity contribution in [2.45, 2.75) is 64.8 Å². The van der Waals surface area contributed by atoms with Crippen LogP contribution in [-0.4, -0.2) is 34.5 Å². The predicted molar refractivity (Wildman–Crippen MR) is 73.8 cm³/mol. The lowest BCUT2D eigenvalue weighted by atomic mass is 9.79. The molecule has 0 aromatic rings. The standard InChI is InChI=1S/C16H26O4/c1-4-16(2,3)15(19)20-12-6-8-5-9(12)10-7-11(17)14(18)13(8)10/h8-14,17-18H,4-7H2,1-3H3. The van der Waals surface area contributed by atoms with Gasteiger partial charge in [-0.05, 0) is 63.2 Å². The minimum absolute atomic E-state index is 0.00271. The molecular weight excluding hydrogens is 256 g/mol. The van der Waals surface area contributed by atoms with Gasteiger partial charge in [0.15, 0.2) is 0 Å². The van der Waals surface area contributed by atoms with Crippen molar-refractivity contribution in [3.05, 3.63) is 0 Å². The fraction of sp³-hybridized carbons (Fsp3) is 0.938. The van der Waals surface area contributed by atoms with Gasteiger partial charge in [-0.1, -0.05) is 6.92 Å². The van der Waals surface area contributed by atoms with Crippen LogP contribution in [0.2, 0.25) is 0 Å². The van der Waals surface area contributed by atoms with Crippen molar-refractivity contribution in [2.24, 2.45) is 29.1 Å². The Hall–Kier alpha value is -0.610. The average Bonchev–Trinajstić information content (AvgIpc) is 3.02. The van der Waals surface area contributed by atoms with Crippen molar-refractivity contribution >= 4 is 5.97 Å². The van der Waals surface area contributed by atoms with E-state index < -0.39 is 17.6 Å². The van der Waals surface area contributed by atoms with E-state index in [-0.39, 0.29) is 18.0 Å². The van der Waals surface area contributed by atoms with Crippen molar-refractivity contribution < 1.29 is 19.7 Å². The van der Waals surface area contributed by atoms with Crippen molar-refractivity contribution in [1.29, 1.82) is 0 Å². The second kappa shape index (κ2) is 4.70. The minimum atomic E-state index is -0.586. The van der Waals surface area contributed by atoms with Gasteiger partial charge in [-0.25, -0.2) is 0 Å². The van der Waals surface area contributed by atoms with Crippen LogP contribution in [-0.2, 0) is 9.53 Å². The van der Waals surface area contributed by atoms with Gasteiger partial charge in [-0.2, -0.15) is 0 Å². The van der Waals surface area contributed by atoms with E-state index in [9.17, 15) is 15.0 Å². The van der Waals surface area contributed by atoms with Crippen LogP contribution in [0.4, 0.5) is 0 Å². The maximum Gasteiger partial charge on any atom is 0.311 e. The van der Waals surface area contributed by atoms with E-state index in [2.05, 4.69) is 0 Å². The normalized spacial score (nSPS) is 46.5. The molecule has 0 aromatic carbocycles. The van der Waals surface area contributed by atoms with Gasteiger partial charge in [0, 0.05) is 0 Å². The molecule has 3 aliphatic rings. The number of fused-ring (bicyclic) bond motifs is 5. The zero-order valence-corrected chi connectivity index (χ0v) is 12.6. The zero-order chi connectivity index (χ0) is 14.7. The largest absolute Gasteiger partial charge is 0.462 e. The molecule has 7 atom stereocenters. The molecule has 0 aliphatic heterocycles. The lowest BCUT2D eigenvalue weighted by Crippen LogP contribution is -2.38. The number of hydrogen-bond acceptors (Lipinski definition) is 4. The molecule has 0 aromatic heterocycles. The van der Waals surface area contributed by atoms with Gasteiger partial charge in [0.1, 0.15) is 6.10 Å². The number of esters is 1. The first-order valence-corrected chi connectivity index (χ1v) is 7.92. The highest BCUT2D eigenvalue weighted by atomic mass is 16.5. The SMILES string of the molecule is CCC(C)(C)C(=O)OC1CC2CC1C1CC(O)C(O)C21. The first-order valence-electron chi connectivity index (χ1n) is 7.92. The Labute approximate surface area is 120 Å². The summed E-state index contributed by atoms with van der Waals surface area (Å²) in [4.78, 5) is 12.2. The maximum absolute atomic E-state index is 12.2. The fourth-order valence-electron chi connectivity index (χ4n) is 4.59. The van der Waals surface area contributed by atoms with Crippen LogP contribution in [0.3, 0.4) is 0 Å². The zero-order valence-electron chi connectivity index (χ0n) is 12.6. The molecule has 4 heteroatoms. The number of aliphatic hydroxyl groups excluding tert-OH is 2. The van der Waals surface area contributed by atoms with E-state index in [1.165, 1.54) is 0 Å². The molecule has 3 saturated carbocycles. The van der Waals surface area contributed by atoms with E-state index in [0.29, 0.717) is 24.2 Å². The number of carbonyl (C=O) groups is 1. The van der Waals surface area contributed by atoms with Crippen LogP contribution in [0.15, 0.2) is 0 Å². The first-order chi connectivity index (χ1) is 9.35. The first kappa shape index (κ1) is 14.3. The highest BCUT2D eigenvalue weighted by Crippen LogP contribution is 2.59. The Bertz CT molecular complexity index is 405. The molecule has 3 aliphatic carbocycles. The summed E-state index contributed by atoms with van der Waals surface area (Å²) in [7, 11) is 0. The van der Waals surface area contributed by atoms with Gasteiger partial charge in [0.2, 0.25) is 0 Å². The quantitative estimate of drug-likeness (QED) is 0.774. The van der Waals surface area contributed by atoms with Crippen LogP contribution in [0, 0.1) is 29.1 Å². The summed E-state index contributed by atoms with van der Waals surface area (Å²) < 4.78 is 5.78. The molecule has 4 nitrogen and oxygen atoms in total. The lowest BCUT2D eigenvalue weighted by molar-refractivity contribution is -0.164. The van der Waals surface area contributed by atoms with E-state index in [1.807, 2.05) is 20.8 Å². The van der Waals surface area contributed by atoms with Crippen LogP contribution in [0.1, 0.15) is 46.5 Å². The molecule has 0 spiro atoms.